The molecule has 0 amide bonds. The molecule has 0 atom stereocenters. The van der Waals surface area contributed by atoms with E-state index in [4.69, 9.17) is 5.11 Å². The Labute approximate surface area is 109 Å². The molecule has 1 aromatic rings. The van der Waals surface area contributed by atoms with Gasteiger partial charge >= 0.3 is 5.97 Å². The number of carboxylic acids is 1. The molecule has 1 rings (SSSR count). The monoisotopic (exact) mass is 292 g/mol. The summed E-state index contributed by atoms with van der Waals surface area (Å²) in [5.41, 5.74) is 0. The van der Waals surface area contributed by atoms with Crippen LogP contribution in [0.1, 0.15) is 0 Å². The summed E-state index contributed by atoms with van der Waals surface area (Å²) in [4.78, 5) is 10.1. The third kappa shape index (κ3) is 4.49. The number of carboxylic acid groups (broad SMARTS) is 1. The van der Waals surface area contributed by atoms with Crippen LogP contribution in [0.25, 0.3) is 0 Å². The third-order valence-electron chi connectivity index (χ3n) is 2.17. The third-order valence-corrected chi connectivity index (χ3v) is 3.85. The van der Waals surface area contributed by atoms with Crippen LogP contribution in [0.3, 0.4) is 0 Å². The minimum Gasteiger partial charge on any atom is -0.479 e. The Kier molecular flexibility index (Phi) is 5.25. The van der Waals surface area contributed by atoms with Crippen molar-refractivity contribution in [2.45, 2.75) is 4.90 Å². The predicted molar refractivity (Wildman–Crippen MR) is 63.5 cm³/mol. The van der Waals surface area contributed by atoms with Gasteiger partial charge in [0.1, 0.15) is 0 Å². The van der Waals surface area contributed by atoms with Gasteiger partial charge in [-0.1, -0.05) is 0 Å². The summed E-state index contributed by atoms with van der Waals surface area (Å²) in [6, 6.07) is 3.03. The van der Waals surface area contributed by atoms with Gasteiger partial charge in [-0.2, -0.15) is 0 Å². The predicted octanol–water partition coefficient (Wildman–Crippen LogP) is 0.709. The van der Waals surface area contributed by atoms with Gasteiger partial charge in [-0.15, -0.1) is 0 Å². The van der Waals surface area contributed by atoms with Crippen LogP contribution in [0.5, 0.6) is 5.75 Å². The number of hydrogen-bond acceptors (Lipinski definition) is 5. The van der Waals surface area contributed by atoms with Gasteiger partial charge in [-0.3, -0.25) is 0 Å². The zero-order valence-corrected chi connectivity index (χ0v) is 10.9. The van der Waals surface area contributed by atoms with E-state index < -0.39 is 28.2 Å². The van der Waals surface area contributed by atoms with E-state index in [-0.39, 0.29) is 23.0 Å². The lowest BCUT2D eigenvalue weighted by Gasteiger charge is -2.07. The average molecular weight is 292 g/mol. The lowest BCUT2D eigenvalue weighted by atomic mass is 10.3. The first-order valence-electron chi connectivity index (χ1n) is 5.22. The summed E-state index contributed by atoms with van der Waals surface area (Å²) in [7, 11) is -2.27. The van der Waals surface area contributed by atoms with Gasteiger partial charge < -0.3 is 14.6 Å². The van der Waals surface area contributed by atoms with E-state index in [1.165, 1.54) is 7.11 Å². The highest BCUT2D eigenvalue weighted by molar-refractivity contribution is 7.91. The molecule has 0 aliphatic heterocycles. The number of aliphatic carboxylic acids is 1. The lowest BCUT2D eigenvalue weighted by molar-refractivity contribution is -0.139. The zero-order valence-electron chi connectivity index (χ0n) is 10.1. The first-order chi connectivity index (χ1) is 8.86. The van der Waals surface area contributed by atoms with E-state index in [0.29, 0.717) is 0 Å². The SMILES string of the molecule is COCCS(=O)(=O)c1ccc(OCC(=O)O)c(F)c1. The van der Waals surface area contributed by atoms with Gasteiger partial charge in [0.05, 0.1) is 17.3 Å². The maximum absolute atomic E-state index is 13.5. The molecule has 1 N–H and O–H groups in total. The first kappa shape index (κ1) is 15.4. The summed E-state index contributed by atoms with van der Waals surface area (Å²) < 4.78 is 46.3. The van der Waals surface area contributed by atoms with Crippen LogP contribution < -0.4 is 4.74 Å². The molecular weight excluding hydrogens is 279 g/mol. The first-order valence-corrected chi connectivity index (χ1v) is 6.88. The van der Waals surface area contributed by atoms with E-state index in [9.17, 15) is 17.6 Å². The summed E-state index contributed by atoms with van der Waals surface area (Å²) in [6.45, 7) is -0.700. The van der Waals surface area contributed by atoms with Crippen LogP contribution in [-0.4, -0.2) is 45.6 Å². The van der Waals surface area contributed by atoms with Crippen molar-refractivity contribution in [3.63, 3.8) is 0 Å². The summed E-state index contributed by atoms with van der Waals surface area (Å²) in [6.07, 6.45) is 0. The van der Waals surface area contributed by atoms with Crippen molar-refractivity contribution >= 4 is 15.8 Å². The molecule has 0 saturated heterocycles. The fourth-order valence-corrected chi connectivity index (χ4v) is 2.42. The highest BCUT2D eigenvalue weighted by atomic mass is 32.2. The fraction of sp³-hybridized carbons (Fsp3) is 0.364. The number of methoxy groups -OCH3 is 1. The Hall–Kier alpha value is -1.67. The van der Waals surface area contributed by atoms with Gasteiger partial charge in [0.15, 0.2) is 28.0 Å². The number of rotatable bonds is 7. The summed E-state index contributed by atoms with van der Waals surface area (Å²) in [5.74, 6) is -2.76. The van der Waals surface area contributed by atoms with Crippen LogP contribution in [0, 0.1) is 5.82 Å². The van der Waals surface area contributed by atoms with Crippen molar-refractivity contribution in [2.24, 2.45) is 0 Å². The van der Waals surface area contributed by atoms with E-state index in [0.717, 1.165) is 18.2 Å². The van der Waals surface area contributed by atoms with Crippen LogP contribution >= 0.6 is 0 Å². The second-order valence-corrected chi connectivity index (χ2v) is 5.70. The van der Waals surface area contributed by atoms with Gasteiger partial charge in [-0.25, -0.2) is 17.6 Å². The normalized spacial score (nSPS) is 11.3. The second kappa shape index (κ2) is 6.48. The molecule has 6 nitrogen and oxygen atoms in total. The molecule has 8 heteroatoms. The summed E-state index contributed by atoms with van der Waals surface area (Å²) >= 11 is 0. The van der Waals surface area contributed by atoms with E-state index in [2.05, 4.69) is 9.47 Å². The highest BCUT2D eigenvalue weighted by Crippen LogP contribution is 2.21. The molecule has 0 saturated carbocycles. The average Bonchev–Trinajstić information content (AvgIpc) is 2.34. The molecule has 0 heterocycles. The van der Waals surface area contributed by atoms with E-state index >= 15 is 0 Å². The van der Waals surface area contributed by atoms with Crippen molar-refractivity contribution in [3.05, 3.63) is 24.0 Å². The van der Waals surface area contributed by atoms with Gasteiger partial charge in [0.25, 0.3) is 0 Å². The number of ether oxygens (including phenoxy) is 2. The van der Waals surface area contributed by atoms with Gasteiger partial charge in [0, 0.05) is 7.11 Å². The van der Waals surface area contributed by atoms with Crippen LogP contribution in [-0.2, 0) is 19.4 Å². The molecule has 0 bridgehead atoms. The van der Waals surface area contributed by atoms with Crippen molar-refractivity contribution < 1.29 is 32.2 Å². The summed E-state index contributed by atoms with van der Waals surface area (Å²) in [5, 5.41) is 8.39. The number of hydrogen-bond donors (Lipinski definition) is 1. The molecule has 0 aliphatic rings. The van der Waals surface area contributed by atoms with Gasteiger partial charge in [0.2, 0.25) is 0 Å². The Morgan fingerprint density at radius 3 is 2.63 bits per heavy atom. The standard InChI is InChI=1S/C11H13FO6S/c1-17-4-5-19(15,16)8-2-3-10(9(12)6-8)18-7-11(13)14/h2-3,6H,4-5,7H2,1H3,(H,13,14). The Morgan fingerprint density at radius 2 is 2.11 bits per heavy atom. The molecule has 0 fully saturated rings. The Bertz CT molecular complexity index is 554. The zero-order chi connectivity index (χ0) is 14.5. The lowest BCUT2D eigenvalue weighted by Crippen LogP contribution is -2.13. The molecule has 0 spiro atoms. The molecule has 1 aromatic carbocycles. The number of carbonyl (C=O) groups is 1. The molecule has 0 unspecified atom stereocenters. The van der Waals surface area contributed by atoms with E-state index in [1.54, 1.807) is 0 Å². The number of benzene rings is 1. The highest BCUT2D eigenvalue weighted by Gasteiger charge is 2.17. The maximum Gasteiger partial charge on any atom is 0.341 e. The van der Waals surface area contributed by atoms with Crippen molar-refractivity contribution in [2.75, 3.05) is 26.1 Å². The molecular formula is C11H13FO6S. The quantitative estimate of drug-likeness (QED) is 0.796. The van der Waals surface area contributed by atoms with Gasteiger partial charge in [-0.05, 0) is 18.2 Å². The van der Waals surface area contributed by atoms with Crippen LogP contribution in [0.15, 0.2) is 23.1 Å². The van der Waals surface area contributed by atoms with Crippen LogP contribution in [0.4, 0.5) is 4.39 Å². The number of halogens is 1. The molecule has 19 heavy (non-hydrogen) atoms. The molecule has 106 valence electrons. The molecule has 0 aromatic heterocycles. The largest absolute Gasteiger partial charge is 0.479 e. The topological polar surface area (TPSA) is 89.9 Å². The fourth-order valence-electron chi connectivity index (χ4n) is 1.24. The smallest absolute Gasteiger partial charge is 0.341 e. The Balaban J connectivity index is 2.90. The van der Waals surface area contributed by atoms with Crippen LogP contribution in [0.2, 0.25) is 0 Å². The minimum absolute atomic E-state index is 0.00121. The Morgan fingerprint density at radius 1 is 1.42 bits per heavy atom. The maximum atomic E-state index is 13.5. The minimum atomic E-state index is -3.63. The van der Waals surface area contributed by atoms with Crippen molar-refractivity contribution in [1.29, 1.82) is 0 Å². The molecule has 0 aliphatic carbocycles. The molecule has 0 radical (unpaired) electrons. The second-order valence-electron chi connectivity index (χ2n) is 3.59. The number of sulfone groups is 1. The van der Waals surface area contributed by atoms with Crippen molar-refractivity contribution in [1.82, 2.24) is 0 Å². The van der Waals surface area contributed by atoms with E-state index in [1.807, 2.05) is 0 Å². The van der Waals surface area contributed by atoms with Crippen molar-refractivity contribution in [3.8, 4) is 5.75 Å².